The number of ketones is 1. The van der Waals surface area contributed by atoms with Crippen LogP contribution in [0.1, 0.15) is 92.4 Å². The molecule has 2 aliphatic heterocycles. The van der Waals surface area contributed by atoms with Crippen LogP contribution in [0, 0.1) is 34.9 Å². The maximum absolute atomic E-state index is 15.1. The molecule has 2 aliphatic carbocycles. The average Bonchev–Trinajstić information content (AvgIpc) is 4.04. The van der Waals surface area contributed by atoms with Crippen molar-refractivity contribution in [3.8, 4) is 17.4 Å². The van der Waals surface area contributed by atoms with E-state index in [1.807, 2.05) is 19.1 Å². The Morgan fingerprint density at radius 2 is 1.75 bits per heavy atom. The molecule has 0 radical (unpaired) electrons. The number of fused-ring (bicyclic) bond motifs is 3. The third-order valence-corrected chi connectivity index (χ3v) is 13.4. The number of esters is 1. The van der Waals surface area contributed by atoms with E-state index < -0.39 is 73.7 Å². The van der Waals surface area contributed by atoms with Gasteiger partial charge >= 0.3 is 5.97 Å². The number of nitrogens with one attached hydrogen (secondary N) is 1. The van der Waals surface area contributed by atoms with E-state index >= 15 is 4.39 Å². The summed E-state index contributed by atoms with van der Waals surface area (Å²) < 4.78 is 65.9. The summed E-state index contributed by atoms with van der Waals surface area (Å²) in [6, 6.07) is 1.63. The zero-order valence-electron chi connectivity index (χ0n) is 33.3. The first-order valence-corrected chi connectivity index (χ1v) is 21.0. The molecule has 2 amide bonds. The van der Waals surface area contributed by atoms with E-state index in [1.54, 1.807) is 20.8 Å². The van der Waals surface area contributed by atoms with Crippen LogP contribution in [0.25, 0.3) is 10.8 Å². The van der Waals surface area contributed by atoms with E-state index in [9.17, 15) is 27.6 Å². The van der Waals surface area contributed by atoms with E-state index in [1.165, 1.54) is 37.4 Å². The van der Waals surface area contributed by atoms with Crippen LogP contribution in [0.2, 0.25) is 0 Å². The average molecular weight is 800 g/mol. The minimum atomic E-state index is -3.89. The van der Waals surface area contributed by atoms with Crippen molar-refractivity contribution in [3.05, 3.63) is 36.3 Å². The first kappa shape index (κ1) is 41.4. The second kappa shape index (κ2) is 15.9. The molecule has 1 aromatic carbocycles. The highest BCUT2D eigenvalue weighted by atomic mass is 32.2. The predicted octanol–water partition coefficient (Wildman–Crippen LogP) is 5.67. The summed E-state index contributed by atoms with van der Waals surface area (Å²) in [4.78, 5) is 62.5. The van der Waals surface area contributed by atoms with Crippen LogP contribution in [0.3, 0.4) is 0 Å². The number of methoxy groups -OCH3 is 2. The summed E-state index contributed by atoms with van der Waals surface area (Å²) in [6.45, 7) is 9.23. The van der Waals surface area contributed by atoms with Crippen LogP contribution in [-0.2, 0) is 33.9 Å². The molecule has 0 spiro atoms. The van der Waals surface area contributed by atoms with E-state index in [0.29, 0.717) is 36.8 Å². The first-order chi connectivity index (χ1) is 26.4. The number of sulfonamides is 1. The van der Waals surface area contributed by atoms with E-state index in [0.717, 1.165) is 6.42 Å². The van der Waals surface area contributed by atoms with E-state index in [4.69, 9.17) is 18.9 Å². The molecule has 4 aliphatic rings. The molecule has 56 heavy (non-hydrogen) atoms. The van der Waals surface area contributed by atoms with Crippen LogP contribution in [0.5, 0.6) is 17.4 Å². The van der Waals surface area contributed by atoms with Gasteiger partial charge in [-0.15, -0.1) is 0 Å². The number of hydrogen-bond donors (Lipinski definition) is 1. The molecule has 3 fully saturated rings. The van der Waals surface area contributed by atoms with Crippen LogP contribution in [0.4, 0.5) is 4.39 Å². The summed E-state index contributed by atoms with van der Waals surface area (Å²) in [5, 5.41) is 0.130. The van der Waals surface area contributed by atoms with Crippen molar-refractivity contribution in [3.63, 3.8) is 0 Å². The number of carbonyl (C=O) groups is 4. The summed E-state index contributed by atoms with van der Waals surface area (Å²) in [6.07, 6.45) is 7.38. The van der Waals surface area contributed by atoms with Crippen molar-refractivity contribution in [2.24, 2.45) is 29.1 Å². The van der Waals surface area contributed by atoms with Gasteiger partial charge in [0, 0.05) is 18.2 Å². The quantitative estimate of drug-likeness (QED) is 0.245. The van der Waals surface area contributed by atoms with Crippen molar-refractivity contribution in [2.45, 2.75) is 115 Å². The van der Waals surface area contributed by atoms with Gasteiger partial charge in [-0.3, -0.25) is 23.9 Å². The Labute approximate surface area is 328 Å². The third-order valence-electron chi connectivity index (χ3n) is 11.6. The number of aromatic nitrogens is 1. The molecule has 1 N–H and O–H groups in total. The van der Waals surface area contributed by atoms with Crippen LogP contribution in [-0.4, -0.2) is 85.6 Å². The summed E-state index contributed by atoms with van der Waals surface area (Å²) in [5.41, 5.74) is -2.09. The molecule has 1 aromatic heterocycles. The Hall–Kier alpha value is -4.27. The smallest absolute Gasteiger partial charge is 0.307 e. The van der Waals surface area contributed by atoms with E-state index in [-0.39, 0.29) is 67.0 Å². The summed E-state index contributed by atoms with van der Waals surface area (Å²) >= 11 is 0. The fraction of sp³-hybridized carbons (Fsp3) is 0.634. The number of ether oxygens (including phenoxy) is 4. The highest BCUT2D eigenvalue weighted by Crippen LogP contribution is 2.57. The molecule has 7 atom stereocenters. The maximum atomic E-state index is 15.1. The number of hydrogen-bond acceptors (Lipinski definition) is 11. The Balaban J connectivity index is 1.37. The molecule has 1 saturated heterocycles. The fourth-order valence-corrected chi connectivity index (χ4v) is 9.70. The van der Waals surface area contributed by atoms with Crippen molar-refractivity contribution >= 4 is 44.4 Å². The second-order valence-corrected chi connectivity index (χ2v) is 19.1. The molecule has 0 unspecified atom stereocenters. The Bertz CT molecular complexity index is 2010. The van der Waals surface area contributed by atoms with Gasteiger partial charge in [-0.1, -0.05) is 26.0 Å². The molecule has 2 saturated carbocycles. The topological polar surface area (TPSA) is 167 Å². The van der Waals surface area contributed by atoms with Gasteiger partial charge in [0.15, 0.2) is 17.3 Å². The molecule has 306 valence electrons. The monoisotopic (exact) mass is 799 g/mol. The SMILES string of the molecule is COc1cc2c(OC)cnc(O[C@@H]3C[C@H]4C(=O)C[C@]5(C(=O)NS(=O)(=O)C6CC6)C[C@H]5/C=C\CC[C@@H](C)C[C@@H](C)[C@H](CC(=O)OC(C)(C)C)C(=O)N4C3)c2cc1F. The number of nitrogens with zero attached hydrogens (tertiary/aromatic N) is 2. The van der Waals surface area contributed by atoms with Crippen LogP contribution < -0.4 is 18.9 Å². The van der Waals surface area contributed by atoms with Crippen LogP contribution in [0.15, 0.2) is 30.5 Å². The number of benzene rings is 1. The number of Topliss-reactive ketones (excluding diaryl/α,β-unsaturated/α-hetero) is 1. The van der Waals surface area contributed by atoms with Gasteiger partial charge in [0.05, 0.1) is 61.4 Å². The largest absolute Gasteiger partial charge is 0.494 e. The number of allylic oxidation sites excluding steroid dienone is 2. The van der Waals surface area contributed by atoms with Crippen LogP contribution >= 0.6 is 0 Å². The van der Waals surface area contributed by atoms with Crippen molar-refractivity contribution in [2.75, 3.05) is 20.8 Å². The Morgan fingerprint density at radius 1 is 1.04 bits per heavy atom. The van der Waals surface area contributed by atoms with Gasteiger partial charge < -0.3 is 23.8 Å². The minimum Gasteiger partial charge on any atom is -0.494 e. The Kier molecular flexibility index (Phi) is 11.8. The van der Waals surface area contributed by atoms with E-state index in [2.05, 4.69) is 16.6 Å². The van der Waals surface area contributed by atoms with Crippen molar-refractivity contribution in [1.29, 1.82) is 0 Å². The molecule has 3 heterocycles. The first-order valence-electron chi connectivity index (χ1n) is 19.5. The molecule has 13 nitrogen and oxygen atoms in total. The number of halogens is 1. The van der Waals surface area contributed by atoms with Gasteiger partial charge in [0.2, 0.25) is 27.7 Å². The lowest BCUT2D eigenvalue weighted by Crippen LogP contribution is -2.47. The molecule has 15 heteroatoms. The lowest BCUT2D eigenvalue weighted by atomic mass is 9.82. The van der Waals surface area contributed by atoms with Gasteiger partial charge in [-0.05, 0) is 89.2 Å². The van der Waals surface area contributed by atoms with Gasteiger partial charge in [0.25, 0.3) is 0 Å². The number of carbonyl (C=O) groups excluding carboxylic acids is 4. The molecule has 2 aromatic rings. The summed E-state index contributed by atoms with van der Waals surface area (Å²) in [5.74, 6) is -3.64. The zero-order chi connectivity index (χ0) is 40.7. The third kappa shape index (κ3) is 8.97. The molecular weight excluding hydrogens is 746 g/mol. The van der Waals surface area contributed by atoms with Crippen molar-refractivity contribution in [1.82, 2.24) is 14.6 Å². The Morgan fingerprint density at radius 3 is 2.41 bits per heavy atom. The predicted molar refractivity (Wildman–Crippen MR) is 205 cm³/mol. The number of amides is 2. The number of rotatable bonds is 9. The summed E-state index contributed by atoms with van der Waals surface area (Å²) in [7, 11) is -1.09. The van der Waals surface area contributed by atoms with Gasteiger partial charge in [0.1, 0.15) is 17.5 Å². The highest BCUT2D eigenvalue weighted by Gasteiger charge is 2.61. The molecule has 0 bridgehead atoms. The standard InChI is InChI=1S/C41H54FN3O10S/c1-23-10-8-9-11-25-19-41(25,39(49)44-56(50,51)27-12-13-27)20-33(46)32-15-26(22-45(32)38(48)28(24(2)14-23)18-36(47)55-40(3,4)5)54-37-30-16-31(42)34(52-6)17-29(30)35(53-7)21-43-37/h9,11,16-17,21,23-28,32H,8,10,12-15,18-20,22H2,1-7H3,(H,44,49)/b11-9-/t23-,24-,25-,26-,28+,32+,41-/m1/s1. The normalized spacial score (nSPS) is 29.3. The van der Waals surface area contributed by atoms with Crippen molar-refractivity contribution < 1.29 is 50.9 Å². The lowest BCUT2D eigenvalue weighted by Gasteiger charge is -2.32. The molecular formula is C41H54FN3O10S. The maximum Gasteiger partial charge on any atom is 0.307 e. The molecule has 6 rings (SSSR count). The second-order valence-electron chi connectivity index (χ2n) is 17.2. The fourth-order valence-electron chi connectivity index (χ4n) is 8.31. The lowest BCUT2D eigenvalue weighted by molar-refractivity contribution is -0.160. The zero-order valence-corrected chi connectivity index (χ0v) is 34.1. The highest BCUT2D eigenvalue weighted by molar-refractivity contribution is 7.90. The number of pyridine rings is 1. The van der Waals surface area contributed by atoms with Gasteiger partial charge in [-0.25, -0.2) is 17.8 Å². The minimum absolute atomic E-state index is 0.00787. The van der Waals surface area contributed by atoms with Gasteiger partial charge in [-0.2, -0.15) is 0 Å².